The van der Waals surface area contributed by atoms with Gasteiger partial charge in [0, 0.05) is 17.1 Å². The van der Waals surface area contributed by atoms with Crippen LogP contribution in [0.5, 0.6) is 0 Å². The molecule has 20 heavy (non-hydrogen) atoms. The average molecular weight is 268 g/mol. The van der Waals surface area contributed by atoms with E-state index in [0.717, 1.165) is 0 Å². The maximum Gasteiger partial charge on any atom is 0.257 e. The summed E-state index contributed by atoms with van der Waals surface area (Å²) >= 11 is 0. The number of carbonyl (C=O) groups excluding carboxylic acids is 1. The Hall–Kier alpha value is -2.82. The van der Waals surface area contributed by atoms with Crippen LogP contribution in [0.1, 0.15) is 16.1 Å². The molecule has 0 atom stereocenters. The molecule has 0 spiro atoms. The first kappa shape index (κ1) is 12.2. The summed E-state index contributed by atoms with van der Waals surface area (Å²) in [5.74, 6) is 0.212. The Morgan fingerprint density at radius 2 is 2.05 bits per heavy atom. The number of benzene rings is 1. The standard InChI is InChI=1S/C15H12N2O3/c18-14-11-5-1-2-6-13(11)16-9-12(14)15(19)17-8-10-4-3-7-20-10/h1-7,9H,8H2,(H,16,18)(H,17,19). The number of H-pyrrole nitrogens is 1. The zero-order valence-electron chi connectivity index (χ0n) is 10.6. The molecule has 0 radical (unpaired) electrons. The highest BCUT2D eigenvalue weighted by atomic mass is 16.3. The first-order chi connectivity index (χ1) is 9.75. The number of hydrogen-bond donors (Lipinski definition) is 2. The van der Waals surface area contributed by atoms with Crippen molar-refractivity contribution in [3.8, 4) is 0 Å². The van der Waals surface area contributed by atoms with Gasteiger partial charge in [-0.25, -0.2) is 0 Å². The van der Waals surface area contributed by atoms with Gasteiger partial charge >= 0.3 is 0 Å². The number of aromatic amines is 1. The molecule has 0 aliphatic heterocycles. The SMILES string of the molecule is O=C(NCc1ccco1)c1c[nH]c2ccccc2c1=O. The van der Waals surface area contributed by atoms with E-state index in [2.05, 4.69) is 10.3 Å². The largest absolute Gasteiger partial charge is 0.467 e. The Labute approximate surface area is 114 Å². The lowest BCUT2D eigenvalue weighted by Gasteiger charge is -2.04. The lowest BCUT2D eigenvalue weighted by atomic mass is 10.1. The van der Waals surface area contributed by atoms with Crippen molar-refractivity contribution < 1.29 is 9.21 Å². The minimum Gasteiger partial charge on any atom is -0.467 e. The van der Waals surface area contributed by atoms with E-state index >= 15 is 0 Å². The molecule has 3 aromatic rings. The molecule has 0 aliphatic rings. The molecule has 3 rings (SSSR count). The van der Waals surface area contributed by atoms with Crippen molar-refractivity contribution in [1.29, 1.82) is 0 Å². The Morgan fingerprint density at radius 1 is 1.20 bits per heavy atom. The third kappa shape index (κ3) is 2.21. The van der Waals surface area contributed by atoms with Crippen LogP contribution < -0.4 is 10.7 Å². The molecule has 5 nitrogen and oxygen atoms in total. The van der Waals surface area contributed by atoms with Crippen molar-refractivity contribution in [1.82, 2.24) is 10.3 Å². The van der Waals surface area contributed by atoms with Gasteiger partial charge in [0.05, 0.1) is 12.8 Å². The summed E-state index contributed by atoms with van der Waals surface area (Å²) in [5.41, 5.74) is 0.520. The first-order valence-electron chi connectivity index (χ1n) is 6.17. The number of carbonyl (C=O) groups is 1. The highest BCUT2D eigenvalue weighted by Crippen LogP contribution is 2.07. The number of rotatable bonds is 3. The highest BCUT2D eigenvalue weighted by molar-refractivity contribution is 5.96. The van der Waals surface area contributed by atoms with E-state index in [1.807, 2.05) is 6.07 Å². The van der Waals surface area contributed by atoms with Gasteiger partial charge in [-0.1, -0.05) is 12.1 Å². The lowest BCUT2D eigenvalue weighted by molar-refractivity contribution is 0.0947. The van der Waals surface area contributed by atoms with E-state index in [-0.39, 0.29) is 17.5 Å². The predicted molar refractivity (Wildman–Crippen MR) is 74.4 cm³/mol. The monoisotopic (exact) mass is 268 g/mol. The normalized spacial score (nSPS) is 10.6. The fourth-order valence-electron chi connectivity index (χ4n) is 2.01. The van der Waals surface area contributed by atoms with Crippen LogP contribution >= 0.6 is 0 Å². The number of aromatic nitrogens is 1. The van der Waals surface area contributed by atoms with Gasteiger partial charge in [-0.05, 0) is 24.3 Å². The van der Waals surface area contributed by atoms with Crippen LogP contribution in [0.15, 0.2) is 58.1 Å². The Morgan fingerprint density at radius 3 is 2.85 bits per heavy atom. The first-order valence-corrected chi connectivity index (χ1v) is 6.17. The van der Waals surface area contributed by atoms with Gasteiger partial charge in [-0.15, -0.1) is 0 Å². The molecule has 2 aromatic heterocycles. The fraction of sp³-hybridized carbons (Fsp3) is 0.0667. The van der Waals surface area contributed by atoms with Crippen molar-refractivity contribution >= 4 is 16.8 Å². The molecule has 0 bridgehead atoms. The number of hydrogen-bond acceptors (Lipinski definition) is 3. The van der Waals surface area contributed by atoms with Gasteiger partial charge in [-0.2, -0.15) is 0 Å². The van der Waals surface area contributed by atoms with Gasteiger partial charge in [0.15, 0.2) is 0 Å². The second-order valence-corrected chi connectivity index (χ2v) is 4.34. The maximum atomic E-state index is 12.2. The minimum atomic E-state index is -0.423. The summed E-state index contributed by atoms with van der Waals surface area (Å²) < 4.78 is 5.12. The van der Waals surface area contributed by atoms with Gasteiger partial charge < -0.3 is 14.7 Å². The third-order valence-corrected chi connectivity index (χ3v) is 3.04. The molecule has 1 amide bonds. The Balaban J connectivity index is 1.88. The number of para-hydroxylation sites is 1. The Bertz CT molecular complexity index is 803. The van der Waals surface area contributed by atoms with E-state index in [1.54, 1.807) is 30.3 Å². The van der Waals surface area contributed by atoms with Crippen LogP contribution in [0, 0.1) is 0 Å². The Kier molecular flexibility index (Phi) is 3.09. The quantitative estimate of drug-likeness (QED) is 0.763. The molecule has 2 heterocycles. The summed E-state index contributed by atoms with van der Waals surface area (Å²) in [6, 6.07) is 10.6. The molecule has 2 N–H and O–H groups in total. The smallest absolute Gasteiger partial charge is 0.257 e. The molecule has 1 aromatic carbocycles. The van der Waals surface area contributed by atoms with Crippen LogP contribution in [0.4, 0.5) is 0 Å². The zero-order chi connectivity index (χ0) is 13.9. The van der Waals surface area contributed by atoms with Gasteiger partial charge in [0.25, 0.3) is 5.91 Å². The number of amides is 1. The molecule has 5 heteroatoms. The molecular weight excluding hydrogens is 256 g/mol. The number of nitrogens with one attached hydrogen (secondary N) is 2. The van der Waals surface area contributed by atoms with Crippen LogP contribution in [0.2, 0.25) is 0 Å². The molecular formula is C15H12N2O3. The topological polar surface area (TPSA) is 75.1 Å². The van der Waals surface area contributed by atoms with Crippen molar-refractivity contribution in [3.05, 3.63) is 70.4 Å². The van der Waals surface area contributed by atoms with Gasteiger partial charge in [-0.3, -0.25) is 9.59 Å². The van der Waals surface area contributed by atoms with Crippen LogP contribution in [-0.2, 0) is 6.54 Å². The van der Waals surface area contributed by atoms with E-state index in [0.29, 0.717) is 16.7 Å². The van der Waals surface area contributed by atoms with Gasteiger partial charge in [0.2, 0.25) is 5.43 Å². The van der Waals surface area contributed by atoms with Crippen molar-refractivity contribution in [2.45, 2.75) is 6.54 Å². The van der Waals surface area contributed by atoms with E-state index in [4.69, 9.17) is 4.42 Å². The van der Waals surface area contributed by atoms with E-state index in [1.165, 1.54) is 12.5 Å². The summed E-state index contributed by atoms with van der Waals surface area (Å²) in [6.45, 7) is 0.248. The average Bonchev–Trinajstić information content (AvgIpc) is 2.99. The van der Waals surface area contributed by atoms with Crippen molar-refractivity contribution in [2.24, 2.45) is 0 Å². The zero-order valence-corrected chi connectivity index (χ0v) is 10.6. The summed E-state index contributed by atoms with van der Waals surface area (Å²) in [6.07, 6.45) is 2.96. The molecule has 0 fully saturated rings. The fourth-order valence-corrected chi connectivity index (χ4v) is 2.01. The minimum absolute atomic E-state index is 0.0928. The lowest BCUT2D eigenvalue weighted by Crippen LogP contribution is -2.28. The molecule has 0 aliphatic carbocycles. The van der Waals surface area contributed by atoms with Crippen molar-refractivity contribution in [2.75, 3.05) is 0 Å². The summed E-state index contributed by atoms with van der Waals surface area (Å²) in [4.78, 5) is 27.2. The number of fused-ring (bicyclic) bond motifs is 1. The van der Waals surface area contributed by atoms with Crippen LogP contribution in [0.3, 0.4) is 0 Å². The van der Waals surface area contributed by atoms with Crippen LogP contribution in [0.25, 0.3) is 10.9 Å². The third-order valence-electron chi connectivity index (χ3n) is 3.04. The molecule has 0 saturated carbocycles. The summed E-state index contributed by atoms with van der Waals surface area (Å²) in [7, 11) is 0. The van der Waals surface area contributed by atoms with Crippen molar-refractivity contribution in [3.63, 3.8) is 0 Å². The number of furan rings is 1. The van der Waals surface area contributed by atoms with E-state index < -0.39 is 5.91 Å². The predicted octanol–water partition coefficient (Wildman–Crippen LogP) is 2.05. The maximum absolute atomic E-state index is 12.2. The molecule has 0 unspecified atom stereocenters. The highest BCUT2D eigenvalue weighted by Gasteiger charge is 2.12. The second kappa shape index (κ2) is 5.05. The number of pyridine rings is 1. The second-order valence-electron chi connectivity index (χ2n) is 4.34. The van der Waals surface area contributed by atoms with E-state index in [9.17, 15) is 9.59 Å². The molecule has 0 saturated heterocycles. The molecule has 100 valence electrons. The summed E-state index contributed by atoms with van der Waals surface area (Å²) in [5, 5.41) is 3.15. The van der Waals surface area contributed by atoms with Gasteiger partial charge in [0.1, 0.15) is 11.3 Å². The van der Waals surface area contributed by atoms with Crippen LogP contribution in [-0.4, -0.2) is 10.9 Å².